The Labute approximate surface area is 125 Å². The molecule has 0 radical (unpaired) electrons. The number of amides is 1. The summed E-state index contributed by atoms with van der Waals surface area (Å²) in [5.41, 5.74) is 0.698. The fourth-order valence-electron chi connectivity index (χ4n) is 1.72. The molecule has 0 aromatic heterocycles. The normalized spacial score (nSPS) is 12.9. The van der Waals surface area contributed by atoms with E-state index in [1.165, 1.54) is 0 Å². The molecule has 0 spiro atoms. The molecule has 6 heteroatoms. The maximum Gasteiger partial charge on any atom is 0.320 e. The van der Waals surface area contributed by atoms with Crippen molar-refractivity contribution in [3.8, 4) is 0 Å². The molecule has 0 aliphatic heterocycles. The second kappa shape index (κ2) is 9.34. The monoisotopic (exact) mass is 300 g/mol. The van der Waals surface area contributed by atoms with Gasteiger partial charge < -0.3 is 10.4 Å². The van der Waals surface area contributed by atoms with Crippen LogP contribution in [0, 0.1) is 0 Å². The van der Waals surface area contributed by atoms with Crippen molar-refractivity contribution >= 4 is 30.0 Å². The van der Waals surface area contributed by atoms with Crippen LogP contribution in [0.1, 0.15) is 26.7 Å². The lowest BCUT2D eigenvalue weighted by Crippen LogP contribution is -2.47. The molecule has 1 aromatic rings. The summed E-state index contributed by atoms with van der Waals surface area (Å²) >= 11 is 0. The molecule has 112 valence electrons. The second-order valence-electron chi connectivity index (χ2n) is 4.42. The number of halogens is 1. The van der Waals surface area contributed by atoms with Gasteiger partial charge >= 0.3 is 5.97 Å². The van der Waals surface area contributed by atoms with E-state index in [1.807, 2.05) is 25.1 Å². The number of rotatable bonds is 7. The molecule has 2 unspecified atom stereocenters. The fourth-order valence-corrected chi connectivity index (χ4v) is 1.72. The third-order valence-corrected chi connectivity index (χ3v) is 2.76. The van der Waals surface area contributed by atoms with Gasteiger partial charge in [0.15, 0.2) is 0 Å². The highest BCUT2D eigenvalue weighted by Crippen LogP contribution is 2.06. The average molecular weight is 301 g/mol. The molecular formula is C14H21ClN2O3. The number of para-hydroxylation sites is 1. The summed E-state index contributed by atoms with van der Waals surface area (Å²) < 4.78 is 0. The first-order valence-corrected chi connectivity index (χ1v) is 6.39. The summed E-state index contributed by atoms with van der Waals surface area (Å²) in [4.78, 5) is 22.9. The molecule has 0 bridgehead atoms. The first-order valence-electron chi connectivity index (χ1n) is 6.39. The van der Waals surface area contributed by atoms with E-state index in [1.54, 1.807) is 19.1 Å². The highest BCUT2D eigenvalue weighted by atomic mass is 35.5. The molecule has 0 aliphatic carbocycles. The van der Waals surface area contributed by atoms with Crippen molar-refractivity contribution in [3.63, 3.8) is 0 Å². The van der Waals surface area contributed by atoms with Gasteiger partial charge in [-0.3, -0.25) is 14.9 Å². The minimum absolute atomic E-state index is 0. The summed E-state index contributed by atoms with van der Waals surface area (Å²) in [5, 5.41) is 14.6. The van der Waals surface area contributed by atoms with Crippen molar-refractivity contribution in [2.24, 2.45) is 0 Å². The van der Waals surface area contributed by atoms with E-state index in [4.69, 9.17) is 5.11 Å². The molecule has 1 aromatic carbocycles. The third kappa shape index (κ3) is 6.04. The molecule has 0 saturated heterocycles. The number of anilines is 1. The average Bonchev–Trinajstić information content (AvgIpc) is 2.39. The van der Waals surface area contributed by atoms with Crippen LogP contribution in [-0.4, -0.2) is 29.1 Å². The van der Waals surface area contributed by atoms with E-state index in [9.17, 15) is 9.59 Å². The van der Waals surface area contributed by atoms with Gasteiger partial charge in [-0.25, -0.2) is 0 Å². The molecule has 2 atom stereocenters. The number of benzene rings is 1. The largest absolute Gasteiger partial charge is 0.480 e. The number of hydrogen-bond acceptors (Lipinski definition) is 3. The van der Waals surface area contributed by atoms with Gasteiger partial charge in [0, 0.05) is 5.69 Å². The van der Waals surface area contributed by atoms with Gasteiger partial charge in [-0.15, -0.1) is 12.4 Å². The van der Waals surface area contributed by atoms with E-state index in [-0.39, 0.29) is 18.3 Å². The van der Waals surface area contributed by atoms with Crippen LogP contribution in [0.4, 0.5) is 5.69 Å². The maximum absolute atomic E-state index is 11.9. The Morgan fingerprint density at radius 1 is 1.25 bits per heavy atom. The van der Waals surface area contributed by atoms with E-state index in [0.29, 0.717) is 12.1 Å². The van der Waals surface area contributed by atoms with E-state index in [2.05, 4.69) is 10.6 Å². The summed E-state index contributed by atoms with van der Waals surface area (Å²) in [6.07, 6.45) is 1.25. The van der Waals surface area contributed by atoms with Gasteiger partial charge in [-0.05, 0) is 25.5 Å². The van der Waals surface area contributed by atoms with E-state index in [0.717, 1.165) is 6.42 Å². The number of carboxylic acids is 1. The lowest BCUT2D eigenvalue weighted by atomic mass is 10.1. The standard InChI is InChI=1S/C14H20N2O3.ClH/c1-3-7-12(14(18)19)15-10(2)13(17)16-11-8-5-4-6-9-11;/h4-6,8-10,12,15H,3,7H2,1-2H3,(H,16,17)(H,18,19);1H. The summed E-state index contributed by atoms with van der Waals surface area (Å²) in [7, 11) is 0. The molecule has 1 rings (SSSR count). The number of hydrogen-bond donors (Lipinski definition) is 3. The Kier molecular flexibility index (Phi) is 8.59. The van der Waals surface area contributed by atoms with Crippen LogP contribution in [0.15, 0.2) is 30.3 Å². The summed E-state index contributed by atoms with van der Waals surface area (Å²) in [5.74, 6) is -1.17. The van der Waals surface area contributed by atoms with Crippen LogP contribution in [-0.2, 0) is 9.59 Å². The van der Waals surface area contributed by atoms with Crippen molar-refractivity contribution in [2.75, 3.05) is 5.32 Å². The first-order chi connectivity index (χ1) is 9.04. The highest BCUT2D eigenvalue weighted by molar-refractivity contribution is 5.94. The topological polar surface area (TPSA) is 78.4 Å². The van der Waals surface area contributed by atoms with E-state index < -0.39 is 18.1 Å². The lowest BCUT2D eigenvalue weighted by molar-refractivity contribution is -0.140. The second-order valence-corrected chi connectivity index (χ2v) is 4.42. The van der Waals surface area contributed by atoms with Crippen LogP contribution < -0.4 is 10.6 Å². The quantitative estimate of drug-likeness (QED) is 0.722. The first kappa shape index (κ1) is 18.4. The van der Waals surface area contributed by atoms with Crippen molar-refractivity contribution in [1.82, 2.24) is 5.32 Å². The van der Waals surface area contributed by atoms with Gasteiger partial charge in [0.25, 0.3) is 0 Å². The number of nitrogens with one attached hydrogen (secondary N) is 2. The number of carbonyl (C=O) groups excluding carboxylic acids is 1. The SMILES string of the molecule is CCCC(NC(C)C(=O)Nc1ccccc1)C(=O)O.Cl. The van der Waals surface area contributed by atoms with Crippen molar-refractivity contribution in [2.45, 2.75) is 38.8 Å². The Morgan fingerprint density at radius 2 is 1.85 bits per heavy atom. The maximum atomic E-state index is 11.9. The smallest absolute Gasteiger partial charge is 0.320 e. The number of aliphatic carboxylic acids is 1. The minimum atomic E-state index is -0.929. The van der Waals surface area contributed by atoms with Crippen molar-refractivity contribution in [1.29, 1.82) is 0 Å². The van der Waals surface area contributed by atoms with Gasteiger partial charge in [-0.1, -0.05) is 31.5 Å². The van der Waals surface area contributed by atoms with Crippen LogP contribution in [0.2, 0.25) is 0 Å². The fraction of sp³-hybridized carbons (Fsp3) is 0.429. The number of carbonyl (C=O) groups is 2. The predicted octanol–water partition coefficient (Wildman–Crippen LogP) is 2.28. The highest BCUT2D eigenvalue weighted by Gasteiger charge is 2.22. The molecule has 3 N–H and O–H groups in total. The zero-order valence-corrected chi connectivity index (χ0v) is 12.4. The van der Waals surface area contributed by atoms with E-state index >= 15 is 0 Å². The lowest BCUT2D eigenvalue weighted by Gasteiger charge is -2.19. The zero-order valence-electron chi connectivity index (χ0n) is 11.6. The Morgan fingerprint density at radius 3 is 2.35 bits per heavy atom. The molecule has 5 nitrogen and oxygen atoms in total. The predicted molar refractivity (Wildman–Crippen MR) is 81.2 cm³/mol. The van der Waals surface area contributed by atoms with Gasteiger partial charge in [0.05, 0.1) is 6.04 Å². The molecule has 1 amide bonds. The molecule has 0 heterocycles. The molecule has 0 fully saturated rings. The molecular weight excluding hydrogens is 280 g/mol. The summed E-state index contributed by atoms with van der Waals surface area (Å²) in [6.45, 7) is 3.57. The van der Waals surface area contributed by atoms with Crippen molar-refractivity contribution in [3.05, 3.63) is 30.3 Å². The Hall–Kier alpha value is -1.59. The Balaban J connectivity index is 0.00000361. The molecule has 0 aliphatic rings. The van der Waals surface area contributed by atoms with Crippen molar-refractivity contribution < 1.29 is 14.7 Å². The molecule has 20 heavy (non-hydrogen) atoms. The van der Waals surface area contributed by atoms with Gasteiger partial charge in [-0.2, -0.15) is 0 Å². The summed E-state index contributed by atoms with van der Waals surface area (Å²) in [6, 6.07) is 7.82. The van der Waals surface area contributed by atoms with Gasteiger partial charge in [0.2, 0.25) is 5.91 Å². The third-order valence-electron chi connectivity index (χ3n) is 2.76. The minimum Gasteiger partial charge on any atom is -0.480 e. The van der Waals surface area contributed by atoms with Gasteiger partial charge in [0.1, 0.15) is 6.04 Å². The Bertz CT molecular complexity index is 426. The van der Waals surface area contributed by atoms with Crippen LogP contribution in [0.5, 0.6) is 0 Å². The van der Waals surface area contributed by atoms with Crippen LogP contribution >= 0.6 is 12.4 Å². The number of carboxylic acid groups (broad SMARTS) is 1. The zero-order chi connectivity index (χ0) is 14.3. The van der Waals surface area contributed by atoms with Crippen LogP contribution in [0.25, 0.3) is 0 Å². The van der Waals surface area contributed by atoms with Crippen LogP contribution in [0.3, 0.4) is 0 Å². The molecule has 0 saturated carbocycles.